The largest absolute Gasteiger partial charge is 0.378 e. The molecule has 0 aliphatic carbocycles. The first-order valence-corrected chi connectivity index (χ1v) is 5.88. The molecule has 0 fully saturated rings. The van der Waals surface area contributed by atoms with Crippen LogP contribution in [-0.2, 0) is 13.1 Å². The lowest BCUT2D eigenvalue weighted by atomic mass is 10.1. The zero-order valence-electron chi connectivity index (χ0n) is 10.1. The Balaban J connectivity index is 1.90. The monoisotopic (exact) mass is 256 g/mol. The van der Waals surface area contributed by atoms with E-state index in [4.69, 9.17) is 5.73 Å². The van der Waals surface area contributed by atoms with Crippen LogP contribution in [-0.4, -0.2) is 9.91 Å². The molecular formula is C13H12N4O2. The van der Waals surface area contributed by atoms with Crippen LogP contribution in [0.2, 0.25) is 0 Å². The molecule has 1 aliphatic heterocycles. The highest BCUT2D eigenvalue weighted by Crippen LogP contribution is 2.29. The van der Waals surface area contributed by atoms with Crippen molar-refractivity contribution >= 4 is 17.3 Å². The zero-order chi connectivity index (χ0) is 13.4. The molecule has 0 unspecified atom stereocenters. The summed E-state index contributed by atoms with van der Waals surface area (Å²) in [6.45, 7) is 1.50. The summed E-state index contributed by atoms with van der Waals surface area (Å²) in [6.07, 6.45) is 0. The molecule has 0 saturated carbocycles. The van der Waals surface area contributed by atoms with Crippen molar-refractivity contribution < 1.29 is 4.92 Å². The summed E-state index contributed by atoms with van der Waals surface area (Å²) in [6, 6.07) is 11.2. The molecule has 2 heterocycles. The Hall–Kier alpha value is -2.63. The van der Waals surface area contributed by atoms with Crippen LogP contribution in [0.4, 0.5) is 17.3 Å². The number of pyridine rings is 1. The predicted molar refractivity (Wildman–Crippen MR) is 71.6 cm³/mol. The molecule has 3 rings (SSSR count). The Morgan fingerprint density at radius 3 is 2.32 bits per heavy atom. The van der Waals surface area contributed by atoms with Gasteiger partial charge in [-0.05, 0) is 17.2 Å². The number of nitrogen functional groups attached to an aromatic ring is 1. The van der Waals surface area contributed by atoms with Gasteiger partial charge in [-0.3, -0.25) is 10.1 Å². The molecule has 6 nitrogen and oxygen atoms in total. The summed E-state index contributed by atoms with van der Waals surface area (Å²) in [4.78, 5) is 16.3. The second-order valence-electron chi connectivity index (χ2n) is 4.46. The second-order valence-corrected chi connectivity index (χ2v) is 4.46. The third kappa shape index (κ3) is 1.97. The van der Waals surface area contributed by atoms with Crippen LogP contribution in [0.3, 0.4) is 0 Å². The quantitative estimate of drug-likeness (QED) is 0.656. The number of fused-ring (bicyclic) bond motifs is 1. The van der Waals surface area contributed by atoms with Crippen molar-refractivity contribution in [2.75, 3.05) is 10.6 Å². The van der Waals surface area contributed by atoms with Crippen LogP contribution < -0.4 is 10.6 Å². The molecule has 1 aromatic heterocycles. The molecule has 96 valence electrons. The van der Waals surface area contributed by atoms with Crippen LogP contribution in [0.15, 0.2) is 36.4 Å². The zero-order valence-corrected chi connectivity index (χ0v) is 10.1. The predicted octanol–water partition coefficient (Wildman–Crippen LogP) is 2.09. The van der Waals surface area contributed by atoms with Crippen LogP contribution in [0.25, 0.3) is 0 Å². The van der Waals surface area contributed by atoms with Crippen molar-refractivity contribution in [1.29, 1.82) is 0 Å². The van der Waals surface area contributed by atoms with E-state index in [0.29, 0.717) is 5.82 Å². The molecule has 0 spiro atoms. The van der Waals surface area contributed by atoms with E-state index in [9.17, 15) is 10.1 Å². The van der Waals surface area contributed by atoms with Gasteiger partial charge < -0.3 is 10.6 Å². The van der Waals surface area contributed by atoms with Crippen LogP contribution >= 0.6 is 0 Å². The van der Waals surface area contributed by atoms with Gasteiger partial charge in [-0.2, -0.15) is 0 Å². The fourth-order valence-electron chi connectivity index (χ4n) is 2.28. The van der Waals surface area contributed by atoms with Crippen molar-refractivity contribution in [3.63, 3.8) is 0 Å². The van der Waals surface area contributed by atoms with E-state index in [1.807, 2.05) is 17.0 Å². The first-order chi connectivity index (χ1) is 9.15. The highest BCUT2D eigenvalue weighted by Gasteiger charge is 2.21. The number of aromatic nitrogens is 1. The second kappa shape index (κ2) is 4.24. The summed E-state index contributed by atoms with van der Waals surface area (Å²) in [5, 5.41) is 10.7. The smallest absolute Gasteiger partial charge is 0.311 e. The van der Waals surface area contributed by atoms with Gasteiger partial charge in [-0.15, -0.1) is 0 Å². The maximum atomic E-state index is 10.7. The van der Waals surface area contributed by atoms with Crippen molar-refractivity contribution in [2.24, 2.45) is 0 Å². The number of nitrogens with two attached hydrogens (primary N) is 1. The first kappa shape index (κ1) is 11.5. The Morgan fingerprint density at radius 1 is 1.16 bits per heavy atom. The van der Waals surface area contributed by atoms with Crippen molar-refractivity contribution in [3.8, 4) is 0 Å². The van der Waals surface area contributed by atoms with E-state index in [2.05, 4.69) is 17.1 Å². The standard InChI is InChI=1S/C13H12N4O2/c14-13-11(17(18)19)5-6-12(15-13)16-7-9-3-1-2-4-10(9)8-16/h1-6H,7-8H2,(H2,14,15). The van der Waals surface area contributed by atoms with Crippen LogP contribution in [0.5, 0.6) is 0 Å². The maximum Gasteiger partial charge on any atom is 0.311 e. The normalized spacial score (nSPS) is 13.4. The third-order valence-electron chi connectivity index (χ3n) is 3.25. The minimum Gasteiger partial charge on any atom is -0.378 e. The van der Waals surface area contributed by atoms with Crippen molar-refractivity contribution in [1.82, 2.24) is 4.98 Å². The third-order valence-corrected chi connectivity index (χ3v) is 3.25. The maximum absolute atomic E-state index is 10.7. The van der Waals surface area contributed by atoms with E-state index >= 15 is 0 Å². The highest BCUT2D eigenvalue weighted by atomic mass is 16.6. The van der Waals surface area contributed by atoms with Gasteiger partial charge in [0, 0.05) is 19.2 Å². The molecule has 0 atom stereocenters. The fourth-order valence-corrected chi connectivity index (χ4v) is 2.28. The topological polar surface area (TPSA) is 85.3 Å². The van der Waals surface area contributed by atoms with Gasteiger partial charge in [0.1, 0.15) is 5.82 Å². The highest BCUT2D eigenvalue weighted by molar-refractivity contribution is 5.59. The van der Waals surface area contributed by atoms with E-state index < -0.39 is 4.92 Å². The molecular weight excluding hydrogens is 244 g/mol. The summed E-state index contributed by atoms with van der Waals surface area (Å²) >= 11 is 0. The Bertz CT molecular complexity index is 632. The molecule has 1 aliphatic rings. The van der Waals surface area contributed by atoms with Gasteiger partial charge in [0.2, 0.25) is 5.82 Å². The van der Waals surface area contributed by atoms with E-state index in [-0.39, 0.29) is 11.5 Å². The average molecular weight is 256 g/mol. The van der Waals surface area contributed by atoms with Gasteiger partial charge in [0.05, 0.1) is 4.92 Å². The molecule has 6 heteroatoms. The molecule has 1 aromatic carbocycles. The number of rotatable bonds is 2. The van der Waals surface area contributed by atoms with Crippen molar-refractivity contribution in [3.05, 3.63) is 57.6 Å². The minimum absolute atomic E-state index is 0.0431. The molecule has 2 N–H and O–H groups in total. The number of nitro groups is 1. The van der Waals surface area contributed by atoms with E-state index in [1.165, 1.54) is 17.2 Å². The number of nitrogens with zero attached hydrogens (tertiary/aromatic N) is 3. The minimum atomic E-state index is -0.523. The van der Waals surface area contributed by atoms with Gasteiger partial charge in [-0.1, -0.05) is 24.3 Å². The molecule has 2 aromatic rings. The van der Waals surface area contributed by atoms with E-state index in [1.54, 1.807) is 6.07 Å². The molecule has 19 heavy (non-hydrogen) atoms. The number of hydrogen-bond donors (Lipinski definition) is 1. The Labute approximate surface area is 109 Å². The summed E-state index contributed by atoms with van der Waals surface area (Å²) in [5.41, 5.74) is 7.97. The summed E-state index contributed by atoms with van der Waals surface area (Å²) in [5.74, 6) is 0.623. The number of hydrogen-bond acceptors (Lipinski definition) is 5. The van der Waals surface area contributed by atoms with Gasteiger partial charge in [-0.25, -0.2) is 4.98 Å². The average Bonchev–Trinajstić information content (AvgIpc) is 2.81. The van der Waals surface area contributed by atoms with Gasteiger partial charge >= 0.3 is 5.69 Å². The SMILES string of the molecule is Nc1nc(N2Cc3ccccc3C2)ccc1[N+](=O)[O-]. The Kier molecular flexibility index (Phi) is 2.56. The van der Waals surface area contributed by atoms with Crippen LogP contribution in [0.1, 0.15) is 11.1 Å². The van der Waals surface area contributed by atoms with E-state index in [0.717, 1.165) is 13.1 Å². The molecule has 0 amide bonds. The van der Waals surface area contributed by atoms with Gasteiger partial charge in [0.25, 0.3) is 0 Å². The molecule has 0 bridgehead atoms. The van der Waals surface area contributed by atoms with Gasteiger partial charge in [0.15, 0.2) is 0 Å². The first-order valence-electron chi connectivity index (χ1n) is 5.88. The fraction of sp³-hybridized carbons (Fsp3) is 0.154. The number of benzene rings is 1. The summed E-state index contributed by atoms with van der Waals surface area (Å²) in [7, 11) is 0. The molecule has 0 radical (unpaired) electrons. The summed E-state index contributed by atoms with van der Waals surface area (Å²) < 4.78 is 0. The van der Waals surface area contributed by atoms with Crippen molar-refractivity contribution in [2.45, 2.75) is 13.1 Å². The Morgan fingerprint density at radius 2 is 1.79 bits per heavy atom. The van der Waals surface area contributed by atoms with Crippen LogP contribution in [0, 0.1) is 10.1 Å². The lowest BCUT2D eigenvalue weighted by Crippen LogP contribution is -2.16. The molecule has 0 saturated heterocycles. The lowest BCUT2D eigenvalue weighted by Gasteiger charge is -2.16. The lowest BCUT2D eigenvalue weighted by molar-refractivity contribution is -0.384. The number of anilines is 2.